The second-order valence-electron chi connectivity index (χ2n) is 10.1. The molecule has 0 aromatic heterocycles. The van der Waals surface area contributed by atoms with Crippen LogP contribution in [0.3, 0.4) is 0 Å². The van der Waals surface area contributed by atoms with Crippen LogP contribution in [0.5, 0.6) is 0 Å². The Hall–Kier alpha value is -1.63. The summed E-state index contributed by atoms with van der Waals surface area (Å²) in [6.45, 7) is 9.15. The number of hydrogen-bond donors (Lipinski definition) is 2. The number of guanidine groups is 1. The van der Waals surface area contributed by atoms with E-state index in [1.165, 1.54) is 89.8 Å². The Labute approximate surface area is 195 Å². The molecule has 1 atom stereocenters. The fourth-order valence-electron chi connectivity index (χ4n) is 5.86. The van der Waals surface area contributed by atoms with Gasteiger partial charge in [0, 0.05) is 25.7 Å². The van der Waals surface area contributed by atoms with Crippen LogP contribution in [0.25, 0.3) is 0 Å². The van der Waals surface area contributed by atoms with Crippen LogP contribution in [-0.4, -0.2) is 92.7 Å². The highest BCUT2D eigenvalue weighted by atomic mass is 15.3. The number of piperidine rings is 2. The van der Waals surface area contributed by atoms with Crippen LogP contribution in [0, 0.1) is 0 Å². The molecule has 1 unspecified atom stereocenters. The molecule has 2 N–H and O–H groups in total. The number of nitrogens with zero attached hydrogens (tertiary/aromatic N) is 4. The minimum Gasteiger partial charge on any atom is -0.355 e. The molecule has 3 saturated heterocycles. The molecule has 32 heavy (non-hydrogen) atoms. The molecule has 6 heteroatoms. The van der Waals surface area contributed by atoms with E-state index in [0.717, 1.165) is 19.0 Å². The van der Waals surface area contributed by atoms with Crippen LogP contribution in [0.4, 0.5) is 0 Å². The zero-order valence-corrected chi connectivity index (χ0v) is 20.4. The summed E-state index contributed by atoms with van der Waals surface area (Å²) in [6, 6.07) is 11.4. The quantitative estimate of drug-likeness (QED) is 0.504. The van der Waals surface area contributed by atoms with Gasteiger partial charge in [0.05, 0.1) is 6.04 Å². The summed E-state index contributed by atoms with van der Waals surface area (Å²) in [5, 5.41) is 7.43. The van der Waals surface area contributed by atoms with Gasteiger partial charge in [-0.3, -0.25) is 14.8 Å². The summed E-state index contributed by atoms with van der Waals surface area (Å²) in [4.78, 5) is 12.5. The third-order valence-corrected chi connectivity index (χ3v) is 7.98. The minimum absolute atomic E-state index is 0.262. The average Bonchev–Trinajstić information content (AvgIpc) is 3.38. The van der Waals surface area contributed by atoms with E-state index in [1.54, 1.807) is 0 Å². The molecule has 0 saturated carbocycles. The van der Waals surface area contributed by atoms with Crippen LogP contribution in [0.15, 0.2) is 35.3 Å². The molecular formula is C26H44N6. The Kier molecular flexibility index (Phi) is 8.44. The van der Waals surface area contributed by atoms with E-state index in [2.05, 4.69) is 67.7 Å². The second kappa shape index (κ2) is 11.5. The maximum atomic E-state index is 4.60. The van der Waals surface area contributed by atoms with Crippen molar-refractivity contribution in [2.75, 3.05) is 66.5 Å². The van der Waals surface area contributed by atoms with E-state index in [1.807, 2.05) is 7.05 Å². The van der Waals surface area contributed by atoms with E-state index in [0.29, 0.717) is 6.04 Å². The largest absolute Gasteiger partial charge is 0.355 e. The lowest BCUT2D eigenvalue weighted by Gasteiger charge is -2.50. The Bertz CT molecular complexity index is 700. The van der Waals surface area contributed by atoms with E-state index in [9.17, 15) is 0 Å². The lowest BCUT2D eigenvalue weighted by Crippen LogP contribution is -2.62. The summed E-state index contributed by atoms with van der Waals surface area (Å²) < 4.78 is 0. The van der Waals surface area contributed by atoms with E-state index < -0.39 is 0 Å². The topological polar surface area (TPSA) is 46.1 Å². The molecule has 3 aliphatic rings. The van der Waals surface area contributed by atoms with Crippen molar-refractivity contribution in [2.45, 2.75) is 56.5 Å². The van der Waals surface area contributed by atoms with Crippen LogP contribution in [-0.2, 0) is 0 Å². The standard InChI is InChI=1S/C26H44N6/c1-27-25(28-21-24(31-15-9-10-16-31)23-11-5-3-6-12-23)29-22-26(13-19-30(2)20-14-26)32-17-7-4-8-18-32/h3,5-6,11-12,24H,4,7-10,13-22H2,1-2H3,(H2,27,28,29). The van der Waals surface area contributed by atoms with Gasteiger partial charge in [0.15, 0.2) is 5.96 Å². The molecule has 3 fully saturated rings. The van der Waals surface area contributed by atoms with Gasteiger partial charge in [0.25, 0.3) is 0 Å². The van der Waals surface area contributed by atoms with Crippen molar-refractivity contribution in [3.05, 3.63) is 35.9 Å². The molecule has 4 rings (SSSR count). The third kappa shape index (κ3) is 5.83. The maximum Gasteiger partial charge on any atom is 0.191 e. The van der Waals surface area contributed by atoms with Crippen molar-refractivity contribution < 1.29 is 0 Å². The van der Waals surface area contributed by atoms with Crippen molar-refractivity contribution in [3.63, 3.8) is 0 Å². The Balaban J connectivity index is 1.38. The monoisotopic (exact) mass is 440 g/mol. The van der Waals surface area contributed by atoms with Crippen molar-refractivity contribution in [1.82, 2.24) is 25.3 Å². The summed E-state index contributed by atoms with van der Waals surface area (Å²) in [5.41, 5.74) is 1.66. The highest BCUT2D eigenvalue weighted by Gasteiger charge is 2.39. The zero-order valence-electron chi connectivity index (χ0n) is 20.4. The Morgan fingerprint density at radius 2 is 1.56 bits per heavy atom. The first kappa shape index (κ1) is 23.5. The predicted octanol–water partition coefficient (Wildman–Crippen LogP) is 2.94. The molecule has 0 radical (unpaired) electrons. The molecule has 0 bridgehead atoms. The van der Waals surface area contributed by atoms with Gasteiger partial charge in [-0.15, -0.1) is 0 Å². The van der Waals surface area contributed by atoms with Crippen molar-refractivity contribution >= 4 is 5.96 Å². The van der Waals surface area contributed by atoms with Gasteiger partial charge >= 0.3 is 0 Å². The minimum atomic E-state index is 0.262. The van der Waals surface area contributed by atoms with Gasteiger partial charge < -0.3 is 15.5 Å². The number of rotatable bonds is 7. The molecule has 1 aromatic carbocycles. The van der Waals surface area contributed by atoms with Gasteiger partial charge in [-0.05, 0) is 90.4 Å². The fraction of sp³-hybridized carbons (Fsp3) is 0.731. The molecule has 1 aromatic rings. The van der Waals surface area contributed by atoms with Crippen LogP contribution in [0.2, 0.25) is 0 Å². The average molecular weight is 441 g/mol. The Morgan fingerprint density at radius 1 is 0.906 bits per heavy atom. The number of benzene rings is 1. The van der Waals surface area contributed by atoms with Crippen LogP contribution in [0.1, 0.15) is 56.6 Å². The smallest absolute Gasteiger partial charge is 0.191 e. The molecular weight excluding hydrogens is 396 g/mol. The summed E-state index contributed by atoms with van der Waals surface area (Å²) in [7, 11) is 4.17. The van der Waals surface area contributed by atoms with Crippen molar-refractivity contribution in [3.8, 4) is 0 Å². The highest BCUT2D eigenvalue weighted by Crippen LogP contribution is 2.31. The molecule has 0 amide bonds. The molecule has 178 valence electrons. The van der Waals surface area contributed by atoms with Gasteiger partial charge in [0.2, 0.25) is 0 Å². The fourth-order valence-corrected chi connectivity index (χ4v) is 5.86. The van der Waals surface area contributed by atoms with E-state index in [-0.39, 0.29) is 5.54 Å². The number of nitrogens with one attached hydrogen (secondary N) is 2. The van der Waals surface area contributed by atoms with E-state index in [4.69, 9.17) is 0 Å². The molecule has 3 aliphatic heterocycles. The van der Waals surface area contributed by atoms with Gasteiger partial charge in [-0.25, -0.2) is 0 Å². The third-order valence-electron chi connectivity index (χ3n) is 7.98. The maximum absolute atomic E-state index is 4.60. The zero-order chi connectivity index (χ0) is 22.2. The van der Waals surface area contributed by atoms with Crippen LogP contribution < -0.4 is 10.6 Å². The highest BCUT2D eigenvalue weighted by molar-refractivity contribution is 5.79. The van der Waals surface area contributed by atoms with Gasteiger partial charge in [-0.1, -0.05) is 36.8 Å². The predicted molar refractivity (Wildman–Crippen MR) is 134 cm³/mol. The lowest BCUT2D eigenvalue weighted by atomic mass is 9.84. The van der Waals surface area contributed by atoms with Crippen molar-refractivity contribution in [2.24, 2.45) is 4.99 Å². The first-order valence-electron chi connectivity index (χ1n) is 12.9. The summed E-state index contributed by atoms with van der Waals surface area (Å²) >= 11 is 0. The number of hydrogen-bond acceptors (Lipinski definition) is 4. The molecule has 0 spiro atoms. The summed E-state index contributed by atoms with van der Waals surface area (Å²) in [6.07, 6.45) is 9.19. The lowest BCUT2D eigenvalue weighted by molar-refractivity contribution is 0.0173. The molecule has 3 heterocycles. The number of aliphatic imine (C=N–C) groups is 1. The van der Waals surface area contributed by atoms with Crippen LogP contribution >= 0.6 is 0 Å². The second-order valence-corrected chi connectivity index (χ2v) is 10.1. The Morgan fingerprint density at radius 3 is 2.22 bits per heavy atom. The first-order chi connectivity index (χ1) is 15.7. The SMILES string of the molecule is CN=C(NCC(c1ccccc1)N1CCCC1)NCC1(N2CCCCC2)CCN(C)CC1. The normalized spacial score (nSPS) is 24.4. The molecule has 6 nitrogen and oxygen atoms in total. The summed E-state index contributed by atoms with van der Waals surface area (Å²) in [5.74, 6) is 0.945. The van der Waals surface area contributed by atoms with Crippen molar-refractivity contribution in [1.29, 1.82) is 0 Å². The van der Waals surface area contributed by atoms with Gasteiger partial charge in [0.1, 0.15) is 0 Å². The molecule has 0 aliphatic carbocycles. The first-order valence-corrected chi connectivity index (χ1v) is 12.9. The number of likely N-dealkylation sites (tertiary alicyclic amines) is 3. The van der Waals surface area contributed by atoms with E-state index >= 15 is 0 Å². The van der Waals surface area contributed by atoms with Gasteiger partial charge in [-0.2, -0.15) is 0 Å².